The van der Waals surface area contributed by atoms with Gasteiger partial charge in [-0.05, 0) is 43.4 Å². The molecule has 2 aliphatic carbocycles. The van der Waals surface area contributed by atoms with E-state index < -0.39 is 0 Å². The van der Waals surface area contributed by atoms with Gasteiger partial charge >= 0.3 is 5.97 Å². The summed E-state index contributed by atoms with van der Waals surface area (Å²) < 4.78 is 16.1. The van der Waals surface area contributed by atoms with Crippen LogP contribution in [-0.4, -0.2) is 45.7 Å². The first kappa shape index (κ1) is 17.9. The maximum absolute atomic E-state index is 12.4. The molecule has 2 unspecified atom stereocenters. The van der Waals surface area contributed by atoms with Gasteiger partial charge in [-0.25, -0.2) is 0 Å². The normalized spacial score (nSPS) is 38.8. The molecule has 3 aliphatic rings. The van der Waals surface area contributed by atoms with Gasteiger partial charge in [-0.3, -0.25) is 4.79 Å². The molecule has 136 valence electrons. The van der Waals surface area contributed by atoms with Crippen molar-refractivity contribution in [3.8, 4) is 0 Å². The Kier molecular flexibility index (Phi) is 5.33. The summed E-state index contributed by atoms with van der Waals surface area (Å²) in [4.78, 5) is 12.4. The highest BCUT2D eigenvalue weighted by molar-refractivity contribution is 5.75. The number of methoxy groups -OCH3 is 2. The quantitative estimate of drug-likeness (QED) is 0.458. The zero-order chi connectivity index (χ0) is 17.3. The largest absolute Gasteiger partial charge is 0.462 e. The summed E-state index contributed by atoms with van der Waals surface area (Å²) in [6, 6.07) is 0. The zero-order valence-electron chi connectivity index (χ0n) is 15.2. The molecule has 5 heteroatoms. The molecule has 0 spiro atoms. The molecular formula is C19H31NO4. The van der Waals surface area contributed by atoms with E-state index >= 15 is 0 Å². The van der Waals surface area contributed by atoms with Crippen LogP contribution < -0.4 is 5.32 Å². The fraction of sp³-hybridized carbons (Fsp3) is 0.842. The Bertz CT molecular complexity index is 490. The zero-order valence-corrected chi connectivity index (χ0v) is 15.2. The van der Waals surface area contributed by atoms with Crippen LogP contribution in [0.1, 0.15) is 39.0 Å². The van der Waals surface area contributed by atoms with Crippen LogP contribution in [0.2, 0.25) is 0 Å². The molecule has 0 radical (unpaired) electrons. The highest BCUT2D eigenvalue weighted by atomic mass is 16.7. The molecule has 1 heterocycles. The number of allylic oxidation sites excluding steroid dienone is 1. The lowest BCUT2D eigenvalue weighted by Gasteiger charge is -2.50. The minimum absolute atomic E-state index is 0.0447. The van der Waals surface area contributed by atoms with Gasteiger partial charge in [0, 0.05) is 33.2 Å². The van der Waals surface area contributed by atoms with E-state index in [4.69, 9.17) is 14.2 Å². The topological polar surface area (TPSA) is 56.8 Å². The van der Waals surface area contributed by atoms with Crippen molar-refractivity contribution in [3.05, 3.63) is 12.2 Å². The van der Waals surface area contributed by atoms with Gasteiger partial charge in [0.05, 0.1) is 5.92 Å². The average molecular weight is 337 g/mol. The average Bonchev–Trinajstić information content (AvgIpc) is 2.84. The van der Waals surface area contributed by atoms with E-state index in [1.807, 2.05) is 0 Å². The van der Waals surface area contributed by atoms with E-state index in [1.165, 1.54) is 18.4 Å². The van der Waals surface area contributed by atoms with Gasteiger partial charge < -0.3 is 19.5 Å². The van der Waals surface area contributed by atoms with Crippen LogP contribution in [0.15, 0.2) is 12.2 Å². The van der Waals surface area contributed by atoms with Crippen LogP contribution in [-0.2, 0) is 19.0 Å². The van der Waals surface area contributed by atoms with Gasteiger partial charge in [0.15, 0.2) is 6.29 Å². The Morgan fingerprint density at radius 3 is 2.88 bits per heavy atom. The minimum Gasteiger partial charge on any atom is -0.462 e. The summed E-state index contributed by atoms with van der Waals surface area (Å²) in [5, 5.41) is 3.31. The molecule has 0 bridgehead atoms. The summed E-state index contributed by atoms with van der Waals surface area (Å²) in [7, 11) is 3.23. The van der Waals surface area contributed by atoms with Crippen molar-refractivity contribution in [3.63, 3.8) is 0 Å². The Labute approximate surface area is 145 Å². The molecule has 5 nitrogen and oxygen atoms in total. The predicted octanol–water partition coefficient (Wildman–Crippen LogP) is 2.51. The van der Waals surface area contributed by atoms with Crippen molar-refractivity contribution < 1.29 is 19.0 Å². The van der Waals surface area contributed by atoms with E-state index in [0.717, 1.165) is 19.3 Å². The van der Waals surface area contributed by atoms with Gasteiger partial charge in [0.25, 0.3) is 0 Å². The first-order chi connectivity index (χ1) is 11.5. The van der Waals surface area contributed by atoms with Crippen molar-refractivity contribution in [2.45, 2.75) is 51.4 Å². The second-order valence-corrected chi connectivity index (χ2v) is 7.96. The van der Waals surface area contributed by atoms with Crippen LogP contribution in [0.5, 0.6) is 0 Å². The summed E-state index contributed by atoms with van der Waals surface area (Å²) in [5.41, 5.74) is 1.64. The maximum atomic E-state index is 12.4. The molecule has 3 fully saturated rings. The van der Waals surface area contributed by atoms with Crippen molar-refractivity contribution in [1.29, 1.82) is 0 Å². The maximum Gasteiger partial charge on any atom is 0.310 e. The van der Waals surface area contributed by atoms with Crippen molar-refractivity contribution in [1.82, 2.24) is 5.32 Å². The number of hydrogen-bond acceptors (Lipinski definition) is 5. The van der Waals surface area contributed by atoms with E-state index in [2.05, 4.69) is 18.8 Å². The smallest absolute Gasteiger partial charge is 0.310 e. The molecule has 0 aromatic rings. The number of fused-ring (bicyclic) bond motifs is 2. The Balaban J connectivity index is 1.64. The van der Waals surface area contributed by atoms with E-state index in [1.54, 1.807) is 14.2 Å². The van der Waals surface area contributed by atoms with Crippen LogP contribution in [0.25, 0.3) is 0 Å². The second-order valence-electron chi connectivity index (χ2n) is 7.96. The standard InChI is InChI=1S/C19H31NO4/c1-12-6-5-7-19(2)9-16-13(8-15(12)19)14(18(21)24-16)10-20-11-17(22-3)23-4/h13-17,20H,1,5-11H2,2-4H3/t13-,14?,15?,16-,19-/m1/s1. The molecule has 0 aromatic heterocycles. The van der Waals surface area contributed by atoms with Gasteiger partial charge in [0.2, 0.25) is 0 Å². The number of carbonyl (C=O) groups is 1. The highest BCUT2D eigenvalue weighted by Gasteiger charge is 2.54. The third kappa shape index (κ3) is 3.26. The number of nitrogens with one attached hydrogen (secondary N) is 1. The third-order valence-corrected chi connectivity index (χ3v) is 6.52. The number of rotatable bonds is 6. The summed E-state index contributed by atoms with van der Waals surface area (Å²) in [6.45, 7) is 7.89. The minimum atomic E-state index is -0.286. The SMILES string of the molecule is C=C1CCC[C@]2(C)C[C@H]3OC(=O)C(CNCC(OC)OC)[C@H]3CC12. The van der Waals surface area contributed by atoms with Crippen LogP contribution in [0.3, 0.4) is 0 Å². The van der Waals surface area contributed by atoms with Crippen molar-refractivity contribution in [2.24, 2.45) is 23.2 Å². The van der Waals surface area contributed by atoms with Gasteiger partial charge in [-0.2, -0.15) is 0 Å². The second kappa shape index (κ2) is 7.14. The first-order valence-electron chi connectivity index (χ1n) is 9.13. The third-order valence-electron chi connectivity index (χ3n) is 6.52. The number of hydrogen-bond donors (Lipinski definition) is 1. The van der Waals surface area contributed by atoms with Crippen LogP contribution >= 0.6 is 0 Å². The molecule has 5 atom stereocenters. The van der Waals surface area contributed by atoms with Crippen LogP contribution in [0, 0.1) is 23.2 Å². The number of carbonyl (C=O) groups excluding carboxylic acids is 1. The fourth-order valence-corrected chi connectivity index (χ4v) is 5.11. The Morgan fingerprint density at radius 1 is 1.42 bits per heavy atom. The number of esters is 1. The summed E-state index contributed by atoms with van der Waals surface area (Å²) in [5.74, 6) is 0.733. The van der Waals surface area contributed by atoms with E-state index in [0.29, 0.717) is 24.9 Å². The van der Waals surface area contributed by atoms with Gasteiger partial charge in [-0.15, -0.1) is 0 Å². The first-order valence-corrected chi connectivity index (χ1v) is 9.13. The molecule has 1 saturated heterocycles. The molecule has 1 N–H and O–H groups in total. The lowest BCUT2D eigenvalue weighted by molar-refractivity contribution is -0.146. The Morgan fingerprint density at radius 2 is 2.17 bits per heavy atom. The van der Waals surface area contributed by atoms with Crippen LogP contribution in [0.4, 0.5) is 0 Å². The molecule has 3 rings (SSSR count). The van der Waals surface area contributed by atoms with Crippen molar-refractivity contribution in [2.75, 3.05) is 27.3 Å². The predicted molar refractivity (Wildman–Crippen MR) is 91.4 cm³/mol. The summed E-state index contributed by atoms with van der Waals surface area (Å²) >= 11 is 0. The van der Waals surface area contributed by atoms with Crippen molar-refractivity contribution >= 4 is 5.97 Å². The molecule has 1 aliphatic heterocycles. The van der Waals surface area contributed by atoms with E-state index in [9.17, 15) is 4.79 Å². The lowest BCUT2D eigenvalue weighted by Crippen LogP contribution is -2.45. The highest BCUT2D eigenvalue weighted by Crippen LogP contribution is 2.56. The molecular weight excluding hydrogens is 306 g/mol. The van der Waals surface area contributed by atoms with E-state index in [-0.39, 0.29) is 29.7 Å². The Hall–Kier alpha value is -0.910. The molecule has 2 saturated carbocycles. The monoisotopic (exact) mass is 337 g/mol. The molecule has 24 heavy (non-hydrogen) atoms. The summed E-state index contributed by atoms with van der Waals surface area (Å²) in [6.07, 6.45) is 5.40. The molecule has 0 aromatic carbocycles. The lowest BCUT2D eigenvalue weighted by atomic mass is 9.55. The van der Waals surface area contributed by atoms with Gasteiger partial charge in [-0.1, -0.05) is 19.1 Å². The fourth-order valence-electron chi connectivity index (χ4n) is 5.11. The number of ether oxygens (including phenoxy) is 3. The molecule has 0 amide bonds. The van der Waals surface area contributed by atoms with Gasteiger partial charge in [0.1, 0.15) is 6.10 Å².